The number of benzene rings is 1. The van der Waals surface area contributed by atoms with E-state index in [1.165, 1.54) is 23.1 Å². The lowest BCUT2D eigenvalue weighted by atomic mass is 9.95. The Morgan fingerprint density at radius 2 is 1.95 bits per heavy atom. The first kappa shape index (κ1) is 15.6. The maximum Gasteiger partial charge on any atom is 0.256 e. The number of nitrogens with zero attached hydrogens (tertiary/aromatic N) is 1. The number of aliphatic hydroxyl groups excluding tert-OH is 2. The summed E-state index contributed by atoms with van der Waals surface area (Å²) in [5.74, 6) is -0.272. The molecule has 1 aromatic rings. The second-order valence-electron chi connectivity index (χ2n) is 5.22. The molecule has 0 aliphatic carbocycles. The maximum atomic E-state index is 12.3. The van der Waals surface area contributed by atoms with E-state index in [4.69, 9.17) is 23.2 Å². The molecule has 1 fully saturated rings. The Balaban J connectivity index is 2.12. The zero-order valence-electron chi connectivity index (χ0n) is 11.1. The molecule has 6 heteroatoms. The van der Waals surface area contributed by atoms with Crippen molar-refractivity contribution in [3.8, 4) is 0 Å². The van der Waals surface area contributed by atoms with Crippen LogP contribution in [0.25, 0.3) is 0 Å². The smallest absolute Gasteiger partial charge is 0.256 e. The molecule has 1 heterocycles. The highest BCUT2D eigenvalue weighted by atomic mass is 35.5. The third-order valence-corrected chi connectivity index (χ3v) is 4.10. The molecule has 1 aliphatic rings. The molecule has 1 saturated heterocycles. The predicted molar refractivity (Wildman–Crippen MR) is 77.8 cm³/mol. The van der Waals surface area contributed by atoms with Gasteiger partial charge in [0.2, 0.25) is 0 Å². The Morgan fingerprint density at radius 3 is 2.50 bits per heavy atom. The number of β-amino-alcohol motifs (C(OH)–C–C–N with tert-alkyl or cyclic N) is 1. The minimum absolute atomic E-state index is 0.164. The molecule has 0 spiro atoms. The summed E-state index contributed by atoms with van der Waals surface area (Å²) in [4.78, 5) is 13.7. The van der Waals surface area contributed by atoms with Gasteiger partial charge >= 0.3 is 0 Å². The fraction of sp³-hybridized carbons (Fsp3) is 0.500. The number of carbonyl (C=O) groups excluding carboxylic acids is 1. The van der Waals surface area contributed by atoms with E-state index in [2.05, 4.69) is 0 Å². The second-order valence-corrected chi connectivity index (χ2v) is 6.10. The van der Waals surface area contributed by atoms with Crippen LogP contribution in [0.3, 0.4) is 0 Å². The number of hydrogen-bond donors (Lipinski definition) is 2. The van der Waals surface area contributed by atoms with E-state index in [0.29, 0.717) is 22.2 Å². The summed E-state index contributed by atoms with van der Waals surface area (Å²) in [6.07, 6.45) is -1.15. The molecule has 2 N–H and O–H groups in total. The first-order chi connectivity index (χ1) is 9.38. The summed E-state index contributed by atoms with van der Waals surface area (Å²) in [6, 6.07) is 4.56. The molecule has 3 atom stereocenters. The molecule has 0 radical (unpaired) electrons. The van der Waals surface area contributed by atoms with Gasteiger partial charge in [-0.2, -0.15) is 0 Å². The van der Waals surface area contributed by atoms with Crippen molar-refractivity contribution in [2.75, 3.05) is 13.1 Å². The number of halogens is 2. The van der Waals surface area contributed by atoms with E-state index in [1.807, 2.05) is 6.92 Å². The Morgan fingerprint density at radius 1 is 1.35 bits per heavy atom. The van der Waals surface area contributed by atoms with E-state index in [-0.39, 0.29) is 12.5 Å². The highest BCUT2D eigenvalue weighted by Crippen LogP contribution is 2.26. The van der Waals surface area contributed by atoms with E-state index < -0.39 is 18.1 Å². The molecule has 1 aliphatic heterocycles. The van der Waals surface area contributed by atoms with Crippen molar-refractivity contribution in [3.05, 3.63) is 33.8 Å². The summed E-state index contributed by atoms with van der Waals surface area (Å²) in [5.41, 5.74) is 0.362. The fourth-order valence-electron chi connectivity index (χ4n) is 2.30. The number of piperidine rings is 1. The molecular weight excluding hydrogens is 301 g/mol. The molecule has 1 amide bonds. The molecule has 0 saturated carbocycles. The van der Waals surface area contributed by atoms with Gasteiger partial charge in [-0.3, -0.25) is 4.79 Å². The van der Waals surface area contributed by atoms with Gasteiger partial charge in [-0.1, -0.05) is 30.1 Å². The maximum absolute atomic E-state index is 12.3. The highest BCUT2D eigenvalue weighted by molar-refractivity contribution is 6.34. The Bertz CT molecular complexity index is 489. The van der Waals surface area contributed by atoms with Crippen molar-refractivity contribution in [3.63, 3.8) is 0 Å². The van der Waals surface area contributed by atoms with Crippen LogP contribution in [-0.2, 0) is 4.79 Å². The molecule has 110 valence electrons. The molecule has 0 bridgehead atoms. The molecular formula is C14H17Cl2NO3. The fourth-order valence-corrected chi connectivity index (χ4v) is 2.84. The van der Waals surface area contributed by atoms with Crippen LogP contribution in [-0.4, -0.2) is 40.2 Å². The standard InChI is InChI=1S/C14H17Cl2NO3/c1-8-2-3-17(7-12(8)18)14(20)13(19)9-4-10(15)6-11(16)5-9/h4-6,8,12-13,18-19H,2-3,7H2,1H3. The van der Waals surface area contributed by atoms with E-state index in [1.54, 1.807) is 0 Å². The predicted octanol–water partition coefficient (Wildman–Crippen LogP) is 2.26. The van der Waals surface area contributed by atoms with E-state index in [0.717, 1.165) is 6.42 Å². The van der Waals surface area contributed by atoms with Gasteiger partial charge in [0.05, 0.1) is 6.10 Å². The lowest BCUT2D eigenvalue weighted by Crippen LogP contribution is -2.47. The summed E-state index contributed by atoms with van der Waals surface area (Å²) in [7, 11) is 0. The Kier molecular flexibility index (Phi) is 4.91. The van der Waals surface area contributed by atoms with Gasteiger partial charge in [-0.25, -0.2) is 0 Å². The van der Waals surface area contributed by atoms with Crippen LogP contribution in [0.1, 0.15) is 25.0 Å². The minimum Gasteiger partial charge on any atom is -0.391 e. The monoisotopic (exact) mass is 317 g/mol. The van der Waals surface area contributed by atoms with Gasteiger partial charge in [-0.05, 0) is 36.1 Å². The normalized spacial score (nSPS) is 24.6. The zero-order chi connectivity index (χ0) is 14.9. The Hall–Kier alpha value is -0.810. The molecule has 3 unspecified atom stereocenters. The first-order valence-electron chi connectivity index (χ1n) is 6.49. The van der Waals surface area contributed by atoms with Crippen LogP contribution in [0.15, 0.2) is 18.2 Å². The van der Waals surface area contributed by atoms with Gasteiger partial charge in [0.25, 0.3) is 5.91 Å². The number of rotatable bonds is 2. The lowest BCUT2D eigenvalue weighted by Gasteiger charge is -2.35. The zero-order valence-corrected chi connectivity index (χ0v) is 12.6. The van der Waals surface area contributed by atoms with Crippen molar-refractivity contribution in [2.24, 2.45) is 5.92 Å². The minimum atomic E-state index is -1.31. The van der Waals surface area contributed by atoms with Crippen LogP contribution in [0, 0.1) is 5.92 Å². The number of aliphatic hydroxyl groups is 2. The molecule has 4 nitrogen and oxygen atoms in total. The van der Waals surface area contributed by atoms with Crippen LogP contribution < -0.4 is 0 Å². The van der Waals surface area contributed by atoms with Crippen LogP contribution in [0.5, 0.6) is 0 Å². The van der Waals surface area contributed by atoms with Crippen molar-refractivity contribution < 1.29 is 15.0 Å². The van der Waals surface area contributed by atoms with Crippen molar-refractivity contribution in [1.29, 1.82) is 0 Å². The molecule has 1 aromatic carbocycles. The molecule has 0 aromatic heterocycles. The summed E-state index contributed by atoms with van der Waals surface area (Å²) >= 11 is 11.7. The molecule has 20 heavy (non-hydrogen) atoms. The third kappa shape index (κ3) is 3.44. The van der Waals surface area contributed by atoms with Gasteiger partial charge in [0, 0.05) is 23.1 Å². The van der Waals surface area contributed by atoms with Crippen molar-refractivity contribution in [2.45, 2.75) is 25.6 Å². The lowest BCUT2D eigenvalue weighted by molar-refractivity contribution is -0.144. The van der Waals surface area contributed by atoms with E-state index >= 15 is 0 Å². The third-order valence-electron chi connectivity index (χ3n) is 3.66. The topological polar surface area (TPSA) is 60.8 Å². The first-order valence-corrected chi connectivity index (χ1v) is 7.25. The second kappa shape index (κ2) is 6.31. The SMILES string of the molecule is CC1CCN(C(=O)C(O)c2cc(Cl)cc(Cl)c2)CC1O. The van der Waals surface area contributed by atoms with Gasteiger partial charge in [0.15, 0.2) is 6.10 Å². The number of amides is 1. The van der Waals surface area contributed by atoms with Crippen LogP contribution in [0.2, 0.25) is 10.0 Å². The largest absolute Gasteiger partial charge is 0.391 e. The quantitative estimate of drug-likeness (QED) is 0.879. The number of likely N-dealkylation sites (tertiary alicyclic amines) is 1. The van der Waals surface area contributed by atoms with Gasteiger partial charge < -0.3 is 15.1 Å². The van der Waals surface area contributed by atoms with Crippen LogP contribution in [0.4, 0.5) is 0 Å². The summed E-state index contributed by atoms with van der Waals surface area (Å²) < 4.78 is 0. The van der Waals surface area contributed by atoms with Crippen molar-refractivity contribution in [1.82, 2.24) is 4.90 Å². The van der Waals surface area contributed by atoms with E-state index in [9.17, 15) is 15.0 Å². The number of carbonyl (C=O) groups is 1. The highest BCUT2D eigenvalue weighted by Gasteiger charge is 2.31. The Labute approximate surface area is 127 Å². The summed E-state index contributed by atoms with van der Waals surface area (Å²) in [6.45, 7) is 2.72. The van der Waals surface area contributed by atoms with Gasteiger partial charge in [0.1, 0.15) is 0 Å². The average molecular weight is 318 g/mol. The average Bonchev–Trinajstić information content (AvgIpc) is 2.39. The van der Waals surface area contributed by atoms with Crippen molar-refractivity contribution >= 4 is 29.1 Å². The molecule has 2 rings (SSSR count). The number of hydrogen-bond acceptors (Lipinski definition) is 3. The van der Waals surface area contributed by atoms with Crippen LogP contribution >= 0.6 is 23.2 Å². The summed E-state index contributed by atoms with van der Waals surface area (Å²) in [5, 5.41) is 20.7. The van der Waals surface area contributed by atoms with Gasteiger partial charge in [-0.15, -0.1) is 0 Å².